The molecule has 3 N–H and O–H groups in total. The molecule has 0 spiro atoms. The molecule has 0 saturated heterocycles. The fourth-order valence-corrected chi connectivity index (χ4v) is 6.36. The highest BCUT2D eigenvalue weighted by Gasteiger charge is 2.30. The van der Waals surface area contributed by atoms with Crippen LogP contribution < -0.4 is 10.6 Å². The average molecular weight is 679 g/mol. The van der Waals surface area contributed by atoms with Crippen molar-refractivity contribution >= 4 is 23.9 Å². The summed E-state index contributed by atoms with van der Waals surface area (Å²) in [6, 6.07) is 14.7. The van der Waals surface area contributed by atoms with Crippen molar-refractivity contribution in [1.82, 2.24) is 10.6 Å². The first-order chi connectivity index (χ1) is 23.5. The number of rotatable bonds is 23. The molecule has 0 saturated carbocycles. The van der Waals surface area contributed by atoms with Gasteiger partial charge in [-0.3, -0.25) is 9.59 Å². The van der Waals surface area contributed by atoms with Crippen LogP contribution in [-0.4, -0.2) is 53.8 Å². The lowest BCUT2D eigenvalue weighted by Gasteiger charge is -2.19. The molecule has 2 amide bonds. The Kier molecular flexibility index (Phi) is 17.2. The minimum atomic E-state index is -1.28. The molecule has 0 aromatic heterocycles. The first-order valence-corrected chi connectivity index (χ1v) is 18.4. The van der Waals surface area contributed by atoms with E-state index >= 15 is 0 Å². The van der Waals surface area contributed by atoms with Gasteiger partial charge in [0.25, 0.3) is 0 Å². The third-order valence-electron chi connectivity index (χ3n) is 8.89. The van der Waals surface area contributed by atoms with Gasteiger partial charge < -0.3 is 25.2 Å². The molecule has 2 aromatic carbocycles. The van der Waals surface area contributed by atoms with Crippen molar-refractivity contribution in [2.24, 2.45) is 0 Å². The number of ether oxygens (including phenoxy) is 2. The second kappa shape index (κ2) is 21.3. The Labute approximate surface area is 292 Å². The zero-order valence-electron chi connectivity index (χ0n) is 29.9. The SMILES string of the molecule is CC(C)(C)OC(=O)CCCCCCCCCCCCCCCCC(=O)NCC(NC(=O)OCC1c2ccccc2-c2ccccc21)C(=O)O. The Morgan fingerprint density at radius 2 is 1.14 bits per heavy atom. The van der Waals surface area contributed by atoms with Gasteiger partial charge in [-0.1, -0.05) is 126 Å². The molecule has 270 valence electrons. The quantitative estimate of drug-likeness (QED) is 0.0792. The van der Waals surface area contributed by atoms with E-state index in [4.69, 9.17) is 9.47 Å². The van der Waals surface area contributed by atoms with Crippen molar-refractivity contribution in [1.29, 1.82) is 0 Å². The lowest BCUT2D eigenvalue weighted by atomic mass is 9.98. The molecule has 0 fully saturated rings. The number of hydrogen-bond donors (Lipinski definition) is 3. The normalized spacial score (nSPS) is 12.9. The third-order valence-corrected chi connectivity index (χ3v) is 8.89. The molecule has 9 nitrogen and oxygen atoms in total. The Hall–Kier alpha value is -3.88. The van der Waals surface area contributed by atoms with Gasteiger partial charge in [0.2, 0.25) is 5.91 Å². The third kappa shape index (κ3) is 15.0. The van der Waals surface area contributed by atoms with E-state index in [0.29, 0.717) is 12.8 Å². The standard InChI is InChI=1S/C40H58N2O7/c1-40(2,3)49-37(44)27-17-15-13-11-9-7-5-4-6-8-10-12-14-16-26-36(43)41-28-35(38(45)46)42-39(47)48-29-34-32-24-20-18-22-30(32)31-23-19-21-25-33(31)34/h18-25,34-35H,4-17,26-29H2,1-3H3,(H,41,43)(H,42,47)(H,45,46). The smallest absolute Gasteiger partial charge is 0.407 e. The van der Waals surface area contributed by atoms with Gasteiger partial charge in [-0.25, -0.2) is 9.59 Å². The molecule has 0 radical (unpaired) electrons. The Morgan fingerprint density at radius 3 is 1.61 bits per heavy atom. The number of fused-ring (bicyclic) bond motifs is 3. The van der Waals surface area contributed by atoms with Crippen molar-refractivity contribution in [2.75, 3.05) is 13.2 Å². The number of carboxylic acids is 1. The summed E-state index contributed by atoms with van der Waals surface area (Å²) in [5.41, 5.74) is 3.96. The van der Waals surface area contributed by atoms with Crippen LogP contribution in [0.3, 0.4) is 0 Å². The molecule has 49 heavy (non-hydrogen) atoms. The van der Waals surface area contributed by atoms with E-state index in [0.717, 1.165) is 60.8 Å². The van der Waals surface area contributed by atoms with Gasteiger partial charge >= 0.3 is 18.0 Å². The summed E-state index contributed by atoms with van der Waals surface area (Å²) in [6.07, 6.45) is 15.9. The molecule has 0 aliphatic heterocycles. The van der Waals surface area contributed by atoms with Crippen LogP contribution in [0.4, 0.5) is 4.79 Å². The number of hydrogen-bond acceptors (Lipinski definition) is 6. The predicted molar refractivity (Wildman–Crippen MR) is 192 cm³/mol. The van der Waals surface area contributed by atoms with E-state index < -0.39 is 23.7 Å². The Balaban J connectivity index is 1.15. The first-order valence-electron chi connectivity index (χ1n) is 18.4. The molecule has 3 rings (SSSR count). The Bertz CT molecular complexity index is 1290. The molecule has 1 aliphatic carbocycles. The second-order valence-corrected chi connectivity index (χ2v) is 14.2. The van der Waals surface area contributed by atoms with Crippen LogP contribution in [0, 0.1) is 0 Å². The van der Waals surface area contributed by atoms with Gasteiger partial charge in [-0.2, -0.15) is 0 Å². The number of benzene rings is 2. The number of carbonyl (C=O) groups is 4. The van der Waals surface area contributed by atoms with Crippen molar-refractivity contribution < 1.29 is 33.8 Å². The van der Waals surface area contributed by atoms with Crippen LogP contribution in [0.2, 0.25) is 0 Å². The highest BCUT2D eigenvalue weighted by Crippen LogP contribution is 2.44. The van der Waals surface area contributed by atoms with Gasteiger partial charge in [0.05, 0.1) is 0 Å². The summed E-state index contributed by atoms with van der Waals surface area (Å²) in [5, 5.41) is 14.6. The number of nitrogens with one attached hydrogen (secondary N) is 2. The van der Waals surface area contributed by atoms with E-state index in [1.807, 2.05) is 69.3 Å². The number of carbonyl (C=O) groups excluding carboxylic acids is 3. The highest BCUT2D eigenvalue weighted by atomic mass is 16.6. The molecule has 1 aliphatic rings. The van der Waals surface area contributed by atoms with Crippen LogP contribution >= 0.6 is 0 Å². The van der Waals surface area contributed by atoms with Gasteiger partial charge in [0.1, 0.15) is 18.2 Å². The van der Waals surface area contributed by atoms with Gasteiger partial charge in [-0.15, -0.1) is 0 Å². The van der Waals surface area contributed by atoms with E-state index in [1.54, 1.807) is 0 Å². The second-order valence-electron chi connectivity index (χ2n) is 14.2. The maximum atomic E-state index is 12.5. The summed E-state index contributed by atoms with van der Waals surface area (Å²) in [6.45, 7) is 5.58. The van der Waals surface area contributed by atoms with E-state index in [1.165, 1.54) is 51.4 Å². The zero-order valence-corrected chi connectivity index (χ0v) is 29.9. The number of amides is 2. The maximum Gasteiger partial charge on any atom is 0.407 e. The zero-order chi connectivity index (χ0) is 35.5. The van der Waals surface area contributed by atoms with Gasteiger partial charge in [0, 0.05) is 25.3 Å². The lowest BCUT2D eigenvalue weighted by Crippen LogP contribution is -2.48. The summed E-state index contributed by atoms with van der Waals surface area (Å²) in [7, 11) is 0. The first kappa shape index (κ1) is 39.6. The summed E-state index contributed by atoms with van der Waals surface area (Å²) < 4.78 is 10.8. The van der Waals surface area contributed by atoms with Crippen LogP contribution in [-0.2, 0) is 23.9 Å². The molecule has 1 atom stereocenters. The van der Waals surface area contributed by atoms with E-state index in [9.17, 15) is 24.3 Å². The van der Waals surface area contributed by atoms with Crippen molar-refractivity contribution in [2.45, 2.75) is 141 Å². The molecule has 2 aromatic rings. The van der Waals surface area contributed by atoms with Gasteiger partial charge in [-0.05, 0) is 55.9 Å². The molecular weight excluding hydrogens is 620 g/mol. The highest BCUT2D eigenvalue weighted by molar-refractivity contribution is 5.82. The van der Waals surface area contributed by atoms with E-state index in [2.05, 4.69) is 10.6 Å². The lowest BCUT2D eigenvalue weighted by molar-refractivity contribution is -0.155. The summed E-state index contributed by atoms with van der Waals surface area (Å²) in [4.78, 5) is 48.4. The Morgan fingerprint density at radius 1 is 0.694 bits per heavy atom. The van der Waals surface area contributed by atoms with Crippen molar-refractivity contribution in [3.05, 3.63) is 59.7 Å². The van der Waals surface area contributed by atoms with Crippen LogP contribution in [0.25, 0.3) is 11.1 Å². The minimum absolute atomic E-state index is 0.0829. The molecule has 0 bridgehead atoms. The number of carboxylic acid groups (broad SMARTS) is 1. The summed E-state index contributed by atoms with van der Waals surface area (Å²) in [5.74, 6) is -1.68. The largest absolute Gasteiger partial charge is 0.480 e. The minimum Gasteiger partial charge on any atom is -0.480 e. The average Bonchev–Trinajstić information content (AvgIpc) is 3.38. The molecule has 1 unspecified atom stereocenters. The fraction of sp³-hybridized carbons (Fsp3) is 0.600. The van der Waals surface area contributed by atoms with Crippen LogP contribution in [0.5, 0.6) is 0 Å². The number of unbranched alkanes of at least 4 members (excludes halogenated alkanes) is 13. The number of aliphatic carboxylic acids is 1. The molecular formula is C40H58N2O7. The monoisotopic (exact) mass is 678 g/mol. The topological polar surface area (TPSA) is 131 Å². The fourth-order valence-electron chi connectivity index (χ4n) is 6.36. The molecule has 9 heteroatoms. The van der Waals surface area contributed by atoms with Crippen molar-refractivity contribution in [3.63, 3.8) is 0 Å². The van der Waals surface area contributed by atoms with Crippen LogP contribution in [0.15, 0.2) is 48.5 Å². The molecule has 0 heterocycles. The number of alkyl carbamates (subject to hydrolysis) is 1. The van der Waals surface area contributed by atoms with Gasteiger partial charge in [0.15, 0.2) is 0 Å². The van der Waals surface area contributed by atoms with E-state index in [-0.39, 0.29) is 30.9 Å². The van der Waals surface area contributed by atoms with Crippen LogP contribution in [0.1, 0.15) is 141 Å². The summed E-state index contributed by atoms with van der Waals surface area (Å²) >= 11 is 0. The van der Waals surface area contributed by atoms with Crippen molar-refractivity contribution in [3.8, 4) is 11.1 Å². The maximum absolute atomic E-state index is 12.5. The number of esters is 1. The predicted octanol–water partition coefficient (Wildman–Crippen LogP) is 8.68.